The van der Waals surface area contributed by atoms with E-state index in [0.29, 0.717) is 5.57 Å². The lowest BCUT2D eigenvalue weighted by Gasteiger charge is -2.44. The van der Waals surface area contributed by atoms with Crippen LogP contribution in [0.25, 0.3) is 0 Å². The van der Waals surface area contributed by atoms with Crippen LogP contribution in [-0.4, -0.2) is 140 Å². The first kappa shape index (κ1) is 26.8. The van der Waals surface area contributed by atoms with Crippen LogP contribution in [0.15, 0.2) is 24.0 Å². The zero-order valence-electron chi connectivity index (χ0n) is 18.5. The van der Waals surface area contributed by atoms with Crippen molar-refractivity contribution in [2.24, 2.45) is 11.8 Å². The molecule has 0 aromatic rings. The predicted molar refractivity (Wildman–Crippen MR) is 110 cm³/mol. The number of hydrogen-bond donors (Lipinski definition) is 9. The fourth-order valence-electron chi connectivity index (χ4n) is 4.76. The molecule has 3 heterocycles. The smallest absolute Gasteiger partial charge is 0.209 e. The van der Waals surface area contributed by atoms with Crippen LogP contribution in [0.4, 0.5) is 0 Å². The molecule has 2 saturated heterocycles. The molecule has 0 aromatic carbocycles. The van der Waals surface area contributed by atoms with Crippen molar-refractivity contribution in [3.63, 3.8) is 0 Å². The van der Waals surface area contributed by atoms with Gasteiger partial charge in [-0.25, -0.2) is 0 Å². The van der Waals surface area contributed by atoms with Crippen LogP contribution in [0, 0.1) is 11.8 Å². The maximum Gasteiger partial charge on any atom is 0.209 e. The highest BCUT2D eigenvalue weighted by molar-refractivity contribution is 5.25. The van der Waals surface area contributed by atoms with Gasteiger partial charge in [-0.2, -0.15) is 0 Å². The average molecular weight is 508 g/mol. The van der Waals surface area contributed by atoms with Gasteiger partial charge in [0, 0.05) is 5.92 Å². The first-order valence-corrected chi connectivity index (χ1v) is 11.3. The van der Waals surface area contributed by atoms with E-state index >= 15 is 0 Å². The molecular weight excluding hydrogens is 476 g/mol. The van der Waals surface area contributed by atoms with Gasteiger partial charge in [0.15, 0.2) is 12.6 Å². The zero-order valence-corrected chi connectivity index (χ0v) is 18.5. The third-order valence-electron chi connectivity index (χ3n) is 6.82. The van der Waals surface area contributed by atoms with Crippen molar-refractivity contribution < 1.29 is 69.6 Å². The van der Waals surface area contributed by atoms with Gasteiger partial charge >= 0.3 is 0 Å². The molecule has 35 heavy (non-hydrogen) atoms. The Hall–Kier alpha value is -1.24. The van der Waals surface area contributed by atoms with Crippen molar-refractivity contribution in [3.8, 4) is 0 Å². The largest absolute Gasteiger partial charge is 0.472 e. The van der Waals surface area contributed by atoms with Gasteiger partial charge in [-0.1, -0.05) is 6.08 Å². The van der Waals surface area contributed by atoms with Gasteiger partial charge in [0.25, 0.3) is 0 Å². The van der Waals surface area contributed by atoms with Gasteiger partial charge in [0.05, 0.1) is 38.1 Å². The fourth-order valence-corrected chi connectivity index (χ4v) is 4.76. The average Bonchev–Trinajstić information content (AvgIpc) is 3.19. The lowest BCUT2D eigenvalue weighted by Crippen LogP contribution is -2.62. The van der Waals surface area contributed by atoms with Crippen LogP contribution in [0.5, 0.6) is 0 Å². The van der Waals surface area contributed by atoms with E-state index in [1.165, 1.54) is 12.3 Å². The molecule has 0 aromatic heterocycles. The minimum Gasteiger partial charge on any atom is -0.472 e. The van der Waals surface area contributed by atoms with E-state index in [0.717, 1.165) is 0 Å². The maximum absolute atomic E-state index is 10.4. The molecule has 14 atom stereocenters. The summed E-state index contributed by atoms with van der Waals surface area (Å²) >= 11 is 0. The molecule has 3 aliphatic heterocycles. The normalized spacial score (nSPS) is 49.9. The summed E-state index contributed by atoms with van der Waals surface area (Å²) in [4.78, 5) is 0. The molecule has 200 valence electrons. The summed E-state index contributed by atoms with van der Waals surface area (Å²) in [5.41, 5.74) is 0.463. The summed E-state index contributed by atoms with van der Waals surface area (Å²) in [5.74, 6) is -1.04. The number of hydrogen-bond acceptors (Lipinski definition) is 14. The molecule has 0 spiro atoms. The van der Waals surface area contributed by atoms with E-state index in [1.54, 1.807) is 6.08 Å². The molecule has 4 aliphatic rings. The summed E-state index contributed by atoms with van der Waals surface area (Å²) in [6, 6.07) is 0. The second-order valence-corrected chi connectivity index (χ2v) is 9.01. The summed E-state index contributed by atoms with van der Waals surface area (Å²) in [6.07, 6.45) is -13.1. The van der Waals surface area contributed by atoms with E-state index in [1.807, 2.05) is 0 Å². The van der Waals surface area contributed by atoms with Crippen LogP contribution >= 0.6 is 0 Å². The van der Waals surface area contributed by atoms with Crippen molar-refractivity contribution in [2.75, 3.05) is 19.8 Å². The molecule has 14 heteroatoms. The van der Waals surface area contributed by atoms with Crippen LogP contribution in [0.2, 0.25) is 0 Å². The molecular formula is C21H32O14. The molecule has 0 radical (unpaired) electrons. The Bertz CT molecular complexity index is 775. The van der Waals surface area contributed by atoms with Crippen LogP contribution in [-0.2, 0) is 23.7 Å². The highest BCUT2D eigenvalue weighted by Gasteiger charge is 2.50. The van der Waals surface area contributed by atoms with Gasteiger partial charge < -0.3 is 69.6 Å². The summed E-state index contributed by atoms with van der Waals surface area (Å²) < 4.78 is 27.5. The maximum atomic E-state index is 10.4. The number of aliphatic hydroxyl groups is 9. The van der Waals surface area contributed by atoms with Crippen molar-refractivity contribution in [1.82, 2.24) is 0 Å². The molecule has 1 aliphatic carbocycles. The van der Waals surface area contributed by atoms with Gasteiger partial charge in [0.1, 0.15) is 48.8 Å². The Labute approximate surface area is 199 Å². The second-order valence-electron chi connectivity index (χ2n) is 9.01. The first-order chi connectivity index (χ1) is 16.7. The van der Waals surface area contributed by atoms with E-state index < -0.39 is 98.9 Å². The van der Waals surface area contributed by atoms with Gasteiger partial charge in [-0.3, -0.25) is 0 Å². The minimum absolute atomic E-state index is 0.361. The van der Waals surface area contributed by atoms with Crippen molar-refractivity contribution in [3.05, 3.63) is 24.0 Å². The van der Waals surface area contributed by atoms with E-state index in [2.05, 4.69) is 0 Å². The van der Waals surface area contributed by atoms with E-state index in [-0.39, 0.29) is 6.61 Å². The van der Waals surface area contributed by atoms with Crippen LogP contribution in [0.1, 0.15) is 0 Å². The monoisotopic (exact) mass is 508 g/mol. The van der Waals surface area contributed by atoms with Crippen molar-refractivity contribution in [1.29, 1.82) is 0 Å². The highest BCUT2D eigenvalue weighted by Crippen LogP contribution is 2.41. The van der Waals surface area contributed by atoms with E-state index in [4.69, 9.17) is 23.7 Å². The van der Waals surface area contributed by atoms with Crippen LogP contribution in [0.3, 0.4) is 0 Å². The molecule has 0 bridgehead atoms. The molecule has 0 saturated carbocycles. The Kier molecular flexibility index (Phi) is 8.44. The Morgan fingerprint density at radius 3 is 2.03 bits per heavy atom. The van der Waals surface area contributed by atoms with Gasteiger partial charge in [-0.05, 0) is 11.6 Å². The molecule has 0 amide bonds. The standard InChI is InChI=1S/C21H32O14/c22-4-7-3-9(24)8-1-2-31-19(12(7)8)35-21-18(30)16(28)14(26)11(34-21)6-32-20-17(29)15(27)13(25)10(5-23)33-20/h1-3,8-30H,4-6H2/t8-,9-,10-,11-,12+,13-,14-,15+,16+,17-,18-,19-,20-,21+/m1/s1. The second kappa shape index (κ2) is 11.0. The Morgan fingerprint density at radius 1 is 0.743 bits per heavy atom. The van der Waals surface area contributed by atoms with Gasteiger partial charge in [0.2, 0.25) is 6.29 Å². The SMILES string of the molecule is OCC1=C[C@@H](O)[C@H]2C=CO[C@H](O[C@@H]3O[C@H](CO[C@@H]4O[C@H](CO)[C@@H](O)[C@H](O)[C@H]4O)[C@@H](O)[C@H](O)[C@H]3O)[C@@H]12. The highest BCUT2D eigenvalue weighted by atomic mass is 16.8. The Morgan fingerprint density at radius 2 is 1.37 bits per heavy atom. The Balaban J connectivity index is 1.41. The minimum atomic E-state index is -1.73. The van der Waals surface area contributed by atoms with Crippen LogP contribution < -0.4 is 0 Å². The quantitative estimate of drug-likeness (QED) is 0.147. The number of ether oxygens (including phenoxy) is 5. The summed E-state index contributed by atoms with van der Waals surface area (Å²) in [6.45, 7) is -1.53. The molecule has 0 unspecified atom stereocenters. The zero-order chi connectivity index (χ0) is 25.4. The lowest BCUT2D eigenvalue weighted by molar-refractivity contribution is -0.352. The van der Waals surface area contributed by atoms with Crippen molar-refractivity contribution in [2.45, 2.75) is 73.8 Å². The molecule has 9 N–H and O–H groups in total. The lowest BCUT2D eigenvalue weighted by atomic mass is 9.88. The third-order valence-corrected chi connectivity index (χ3v) is 6.82. The van der Waals surface area contributed by atoms with Crippen molar-refractivity contribution >= 4 is 0 Å². The summed E-state index contributed by atoms with van der Waals surface area (Å²) in [7, 11) is 0. The molecule has 4 rings (SSSR count). The first-order valence-electron chi connectivity index (χ1n) is 11.3. The predicted octanol–water partition coefficient (Wildman–Crippen LogP) is -4.98. The number of rotatable bonds is 7. The van der Waals surface area contributed by atoms with Gasteiger partial charge in [-0.15, -0.1) is 0 Å². The third kappa shape index (κ3) is 5.13. The van der Waals surface area contributed by atoms with E-state index in [9.17, 15) is 46.0 Å². The topological polar surface area (TPSA) is 228 Å². The number of aliphatic hydroxyl groups excluding tert-OH is 9. The molecule has 14 nitrogen and oxygen atoms in total. The number of fused-ring (bicyclic) bond motifs is 1. The fraction of sp³-hybridized carbons (Fsp3) is 0.810. The summed E-state index contributed by atoms with van der Waals surface area (Å²) in [5, 5.41) is 90.1. The molecule has 2 fully saturated rings.